The molecule has 112 valence electrons. The second-order valence-corrected chi connectivity index (χ2v) is 6.96. The highest BCUT2D eigenvalue weighted by Gasteiger charge is 2.16. The number of rotatable bonds is 3. The highest BCUT2D eigenvalue weighted by molar-refractivity contribution is 8.00. The van der Waals surface area contributed by atoms with Crippen molar-refractivity contribution in [1.29, 1.82) is 0 Å². The minimum atomic E-state index is 0.555. The van der Waals surface area contributed by atoms with Crippen LogP contribution in [0.5, 0.6) is 5.75 Å². The minimum absolute atomic E-state index is 0.555. The van der Waals surface area contributed by atoms with Crippen molar-refractivity contribution in [2.75, 3.05) is 13.4 Å². The Labute approximate surface area is 138 Å². The summed E-state index contributed by atoms with van der Waals surface area (Å²) < 4.78 is 13.9. The number of hydrogen-bond acceptors (Lipinski definition) is 6. The van der Waals surface area contributed by atoms with E-state index in [4.69, 9.17) is 20.8 Å². The lowest BCUT2D eigenvalue weighted by Gasteiger charge is -2.00. The number of aromatic nitrogens is 3. The molecule has 0 aliphatic carbocycles. The van der Waals surface area contributed by atoms with Crippen molar-refractivity contribution in [2.45, 2.75) is 4.34 Å². The molecule has 0 bridgehead atoms. The molecule has 4 aromatic rings. The number of halogens is 1. The molecule has 4 rings (SSSR count). The summed E-state index contributed by atoms with van der Waals surface area (Å²) >= 11 is 9.30. The van der Waals surface area contributed by atoms with Gasteiger partial charge in [-0.1, -0.05) is 34.7 Å². The van der Waals surface area contributed by atoms with Crippen molar-refractivity contribution in [3.63, 3.8) is 0 Å². The molecule has 0 aliphatic rings. The predicted octanol–water partition coefficient (Wildman–Crippen LogP) is 4.59. The van der Waals surface area contributed by atoms with Gasteiger partial charge in [0.05, 0.1) is 18.3 Å². The van der Waals surface area contributed by atoms with Gasteiger partial charge in [0.1, 0.15) is 17.0 Å². The molecule has 0 fully saturated rings. The van der Waals surface area contributed by atoms with Gasteiger partial charge in [0.2, 0.25) is 4.96 Å². The Balaban J connectivity index is 1.90. The first-order chi connectivity index (χ1) is 10.7. The molecule has 0 aliphatic heterocycles. The number of methoxy groups -OCH3 is 1. The van der Waals surface area contributed by atoms with Crippen LogP contribution in [0.1, 0.15) is 0 Å². The van der Waals surface area contributed by atoms with Gasteiger partial charge in [-0.3, -0.25) is 0 Å². The fourth-order valence-corrected chi connectivity index (χ4v) is 3.83. The molecular weight excluding hydrogens is 342 g/mol. The van der Waals surface area contributed by atoms with E-state index in [1.807, 2.05) is 18.4 Å². The van der Waals surface area contributed by atoms with Crippen LogP contribution in [0.3, 0.4) is 0 Å². The van der Waals surface area contributed by atoms with Crippen LogP contribution >= 0.6 is 34.7 Å². The Hall–Kier alpha value is -1.70. The zero-order valence-corrected chi connectivity index (χ0v) is 14.1. The van der Waals surface area contributed by atoms with Crippen molar-refractivity contribution >= 4 is 50.6 Å². The fraction of sp³-hybridized carbons (Fsp3) is 0.143. The third-order valence-corrected chi connectivity index (χ3v) is 5.48. The van der Waals surface area contributed by atoms with E-state index in [9.17, 15) is 0 Å². The number of fused-ring (bicyclic) bond motifs is 2. The van der Waals surface area contributed by atoms with E-state index >= 15 is 0 Å². The van der Waals surface area contributed by atoms with E-state index in [1.165, 1.54) is 0 Å². The van der Waals surface area contributed by atoms with Crippen molar-refractivity contribution in [3.05, 3.63) is 29.4 Å². The van der Waals surface area contributed by atoms with Crippen LogP contribution in [0.2, 0.25) is 5.02 Å². The third-order valence-electron chi connectivity index (χ3n) is 3.28. The maximum Gasteiger partial charge on any atom is 0.213 e. The second-order valence-electron chi connectivity index (χ2n) is 4.55. The number of nitrogens with zero attached hydrogens (tertiary/aromatic N) is 3. The van der Waals surface area contributed by atoms with Crippen molar-refractivity contribution < 1.29 is 9.15 Å². The van der Waals surface area contributed by atoms with Gasteiger partial charge >= 0.3 is 0 Å². The van der Waals surface area contributed by atoms with Gasteiger partial charge in [-0.25, -0.2) is 4.98 Å². The standard InChI is InChI=1S/C14H10ClN3O2S2/c1-19-11-5-10-7(3-8(11)15)4-12(20-10)9-6-16-13-18(9)17-14(21-2)22-13/h3-6H,1-2H3. The van der Waals surface area contributed by atoms with Crippen molar-refractivity contribution in [1.82, 2.24) is 14.6 Å². The molecule has 0 radical (unpaired) electrons. The second kappa shape index (κ2) is 5.19. The van der Waals surface area contributed by atoms with Gasteiger partial charge in [-0.05, 0) is 18.4 Å². The van der Waals surface area contributed by atoms with E-state index in [1.54, 1.807) is 47.0 Å². The monoisotopic (exact) mass is 351 g/mol. The normalized spacial score (nSPS) is 11.6. The molecule has 8 heteroatoms. The van der Waals surface area contributed by atoms with Gasteiger partial charge < -0.3 is 9.15 Å². The van der Waals surface area contributed by atoms with Crippen LogP contribution in [0, 0.1) is 0 Å². The first kappa shape index (κ1) is 13.9. The summed E-state index contributed by atoms with van der Waals surface area (Å²) in [6.07, 6.45) is 3.76. The molecule has 0 atom stereocenters. The maximum absolute atomic E-state index is 6.16. The average Bonchev–Trinajstić information content (AvgIpc) is 3.18. The van der Waals surface area contributed by atoms with Gasteiger partial charge in [-0.15, -0.1) is 5.10 Å². The third kappa shape index (κ3) is 2.08. The van der Waals surface area contributed by atoms with Gasteiger partial charge in [0.25, 0.3) is 0 Å². The molecule has 3 aromatic heterocycles. The summed E-state index contributed by atoms with van der Waals surface area (Å²) in [5.41, 5.74) is 1.53. The number of imidazole rings is 1. The topological polar surface area (TPSA) is 52.6 Å². The lowest BCUT2D eigenvalue weighted by molar-refractivity contribution is 0.415. The number of benzene rings is 1. The SMILES string of the molecule is COc1cc2oc(-c3cnc4sc(SC)nn34)cc2cc1Cl. The summed E-state index contributed by atoms with van der Waals surface area (Å²) in [4.78, 5) is 5.22. The molecule has 0 N–H and O–H groups in total. The van der Waals surface area contributed by atoms with E-state index < -0.39 is 0 Å². The number of ether oxygens (including phenoxy) is 1. The predicted molar refractivity (Wildman–Crippen MR) is 89.4 cm³/mol. The molecule has 5 nitrogen and oxygen atoms in total. The van der Waals surface area contributed by atoms with E-state index in [2.05, 4.69) is 10.1 Å². The summed E-state index contributed by atoms with van der Waals surface area (Å²) in [5.74, 6) is 1.29. The van der Waals surface area contributed by atoms with Crippen LogP contribution in [-0.2, 0) is 0 Å². The van der Waals surface area contributed by atoms with Crippen LogP contribution < -0.4 is 4.74 Å². The van der Waals surface area contributed by atoms with Crippen molar-refractivity contribution in [2.24, 2.45) is 0 Å². The Morgan fingerprint density at radius 3 is 3.00 bits per heavy atom. The fourth-order valence-electron chi connectivity index (χ4n) is 2.25. The first-order valence-corrected chi connectivity index (χ1v) is 8.77. The molecule has 0 amide bonds. The van der Waals surface area contributed by atoms with Crippen LogP contribution in [0.15, 0.2) is 33.2 Å². The van der Waals surface area contributed by atoms with Crippen LogP contribution in [-0.4, -0.2) is 28.0 Å². The number of hydrogen-bond donors (Lipinski definition) is 0. The molecule has 22 heavy (non-hydrogen) atoms. The van der Waals surface area contributed by atoms with Gasteiger partial charge in [-0.2, -0.15) is 4.52 Å². The molecule has 0 spiro atoms. The van der Waals surface area contributed by atoms with E-state index in [0.717, 1.165) is 20.4 Å². The quantitative estimate of drug-likeness (QED) is 0.505. The lowest BCUT2D eigenvalue weighted by Crippen LogP contribution is -1.86. The summed E-state index contributed by atoms with van der Waals surface area (Å²) in [6, 6.07) is 5.55. The zero-order valence-electron chi connectivity index (χ0n) is 11.7. The molecule has 0 unspecified atom stereocenters. The molecular formula is C14H10ClN3O2S2. The highest BCUT2D eigenvalue weighted by atomic mass is 35.5. The highest BCUT2D eigenvalue weighted by Crippen LogP contribution is 2.35. The Bertz CT molecular complexity index is 989. The smallest absolute Gasteiger partial charge is 0.213 e. The number of thioether (sulfide) groups is 1. The minimum Gasteiger partial charge on any atom is -0.495 e. The van der Waals surface area contributed by atoms with Gasteiger partial charge in [0, 0.05) is 11.5 Å². The molecule has 0 saturated heterocycles. The zero-order chi connectivity index (χ0) is 15.3. The first-order valence-electron chi connectivity index (χ1n) is 6.35. The summed E-state index contributed by atoms with van der Waals surface area (Å²) in [7, 11) is 1.58. The average molecular weight is 352 g/mol. The Morgan fingerprint density at radius 2 is 2.23 bits per heavy atom. The summed E-state index contributed by atoms with van der Waals surface area (Å²) in [5, 5.41) is 5.98. The van der Waals surface area contributed by atoms with E-state index in [-0.39, 0.29) is 0 Å². The van der Waals surface area contributed by atoms with Crippen LogP contribution in [0.25, 0.3) is 27.4 Å². The number of furan rings is 1. The lowest BCUT2D eigenvalue weighted by atomic mass is 10.2. The van der Waals surface area contributed by atoms with Crippen LogP contribution in [0.4, 0.5) is 0 Å². The molecule has 1 aromatic carbocycles. The molecule has 0 saturated carbocycles. The Kier molecular flexibility index (Phi) is 3.28. The Morgan fingerprint density at radius 1 is 1.36 bits per heavy atom. The van der Waals surface area contributed by atoms with E-state index in [0.29, 0.717) is 22.1 Å². The molecule has 3 heterocycles. The van der Waals surface area contributed by atoms with Gasteiger partial charge in [0.15, 0.2) is 10.1 Å². The maximum atomic E-state index is 6.16. The summed E-state index contributed by atoms with van der Waals surface area (Å²) in [6.45, 7) is 0. The van der Waals surface area contributed by atoms with Crippen molar-refractivity contribution in [3.8, 4) is 17.2 Å². The largest absolute Gasteiger partial charge is 0.495 e.